The Bertz CT molecular complexity index is 1080. The molecule has 1 aromatic carbocycles. The van der Waals surface area contributed by atoms with Crippen molar-refractivity contribution in [2.75, 3.05) is 58.4 Å². The monoisotopic (exact) mass is 440 g/mol. The highest BCUT2D eigenvalue weighted by Crippen LogP contribution is 2.27. The maximum Gasteiger partial charge on any atom is 0.241 e. The maximum absolute atomic E-state index is 12.4. The standard InChI is InChI=1S/C21H28N8O3/c1-27(2)7-6-22-17(31)13-29-21-18(25-26-29)20(28-8-10-32-11-9-28)23-19(24-21)16-5-3-4-15(12-16)14-30/h3-5,12,30H,6-11,13-14H2,1-2H3,(H,22,31). The number of amides is 1. The number of carbonyl (C=O) groups is 1. The summed E-state index contributed by atoms with van der Waals surface area (Å²) in [6, 6.07) is 7.45. The molecule has 3 heterocycles. The van der Waals surface area contributed by atoms with E-state index in [2.05, 4.69) is 20.5 Å². The number of aliphatic hydroxyl groups excluding tert-OH is 1. The van der Waals surface area contributed by atoms with Crippen LogP contribution in [0.15, 0.2) is 24.3 Å². The van der Waals surface area contributed by atoms with Gasteiger partial charge in [-0.25, -0.2) is 14.6 Å². The fourth-order valence-corrected chi connectivity index (χ4v) is 3.49. The maximum atomic E-state index is 12.4. The minimum absolute atomic E-state index is 0.0135. The molecule has 11 heteroatoms. The molecule has 0 radical (unpaired) electrons. The van der Waals surface area contributed by atoms with Gasteiger partial charge < -0.3 is 25.0 Å². The average molecular weight is 441 g/mol. The van der Waals surface area contributed by atoms with Gasteiger partial charge in [0.25, 0.3) is 0 Å². The highest BCUT2D eigenvalue weighted by Gasteiger charge is 2.22. The molecule has 0 saturated carbocycles. The van der Waals surface area contributed by atoms with Crippen LogP contribution in [-0.2, 0) is 22.7 Å². The topological polar surface area (TPSA) is 122 Å². The van der Waals surface area contributed by atoms with Crippen LogP contribution < -0.4 is 10.2 Å². The number of morpholine rings is 1. The van der Waals surface area contributed by atoms with Gasteiger partial charge in [-0.15, -0.1) is 5.10 Å². The molecular weight excluding hydrogens is 412 g/mol. The molecule has 0 aliphatic carbocycles. The summed E-state index contributed by atoms with van der Waals surface area (Å²) in [7, 11) is 3.91. The number of anilines is 1. The van der Waals surface area contributed by atoms with Crippen LogP contribution in [0.25, 0.3) is 22.6 Å². The van der Waals surface area contributed by atoms with E-state index >= 15 is 0 Å². The van der Waals surface area contributed by atoms with E-state index in [1.54, 1.807) is 0 Å². The molecule has 2 N–H and O–H groups in total. The molecule has 4 rings (SSSR count). The highest BCUT2D eigenvalue weighted by molar-refractivity contribution is 5.86. The van der Waals surface area contributed by atoms with E-state index in [1.807, 2.05) is 43.3 Å². The number of nitrogens with zero attached hydrogens (tertiary/aromatic N) is 7. The number of ether oxygens (including phenoxy) is 1. The molecule has 32 heavy (non-hydrogen) atoms. The molecule has 0 bridgehead atoms. The number of carbonyl (C=O) groups excluding carboxylic acids is 1. The smallest absolute Gasteiger partial charge is 0.241 e. The Kier molecular flexibility index (Phi) is 6.88. The first-order valence-electron chi connectivity index (χ1n) is 10.6. The van der Waals surface area contributed by atoms with Crippen molar-refractivity contribution >= 4 is 22.9 Å². The fraction of sp³-hybridized carbons (Fsp3) is 0.476. The zero-order valence-electron chi connectivity index (χ0n) is 18.4. The summed E-state index contributed by atoms with van der Waals surface area (Å²) < 4.78 is 6.99. The molecule has 1 aliphatic heterocycles. The summed E-state index contributed by atoms with van der Waals surface area (Å²) in [5.41, 5.74) is 2.59. The fourth-order valence-electron chi connectivity index (χ4n) is 3.49. The van der Waals surface area contributed by atoms with Crippen molar-refractivity contribution in [2.24, 2.45) is 0 Å². The van der Waals surface area contributed by atoms with Gasteiger partial charge in [0.05, 0.1) is 19.8 Å². The summed E-state index contributed by atoms with van der Waals surface area (Å²) in [5.74, 6) is 1.00. The van der Waals surface area contributed by atoms with Gasteiger partial charge in [-0.1, -0.05) is 23.4 Å². The Hall–Kier alpha value is -3.15. The second-order valence-electron chi connectivity index (χ2n) is 7.90. The third-order valence-corrected chi connectivity index (χ3v) is 5.20. The first-order chi connectivity index (χ1) is 15.5. The van der Waals surface area contributed by atoms with E-state index in [-0.39, 0.29) is 19.1 Å². The first-order valence-corrected chi connectivity index (χ1v) is 10.6. The number of aromatic nitrogens is 5. The largest absolute Gasteiger partial charge is 0.392 e. The van der Waals surface area contributed by atoms with Gasteiger partial charge in [0.15, 0.2) is 22.8 Å². The van der Waals surface area contributed by atoms with Gasteiger partial charge in [-0.05, 0) is 25.7 Å². The second-order valence-corrected chi connectivity index (χ2v) is 7.90. The van der Waals surface area contributed by atoms with Crippen molar-refractivity contribution in [1.29, 1.82) is 0 Å². The Morgan fingerprint density at radius 2 is 2.06 bits per heavy atom. The van der Waals surface area contributed by atoms with Crippen LogP contribution in [0.1, 0.15) is 5.56 Å². The number of fused-ring (bicyclic) bond motifs is 1. The minimum atomic E-state index is -0.158. The predicted octanol–water partition coefficient (Wildman–Crippen LogP) is -0.105. The molecule has 0 spiro atoms. The molecule has 1 saturated heterocycles. The summed E-state index contributed by atoms with van der Waals surface area (Å²) in [5, 5.41) is 20.9. The molecule has 3 aromatic rings. The van der Waals surface area contributed by atoms with E-state index in [4.69, 9.17) is 14.7 Å². The lowest BCUT2D eigenvalue weighted by atomic mass is 10.1. The molecule has 11 nitrogen and oxygen atoms in total. The molecule has 1 amide bonds. The molecule has 1 fully saturated rings. The number of aliphatic hydroxyl groups is 1. The Labute approximate surface area is 186 Å². The normalized spacial score (nSPS) is 14.3. The van der Waals surface area contributed by atoms with Crippen molar-refractivity contribution < 1.29 is 14.6 Å². The molecule has 170 valence electrons. The second kappa shape index (κ2) is 9.98. The highest BCUT2D eigenvalue weighted by atomic mass is 16.5. The van der Waals surface area contributed by atoms with Crippen LogP contribution in [0.4, 0.5) is 5.82 Å². The minimum Gasteiger partial charge on any atom is -0.392 e. The number of hydrogen-bond acceptors (Lipinski definition) is 9. The quantitative estimate of drug-likeness (QED) is 0.494. The Morgan fingerprint density at radius 1 is 1.25 bits per heavy atom. The van der Waals surface area contributed by atoms with Crippen LogP contribution in [0.5, 0.6) is 0 Å². The number of hydrogen-bond donors (Lipinski definition) is 2. The number of rotatable bonds is 8. The number of nitrogens with one attached hydrogen (secondary N) is 1. The zero-order chi connectivity index (χ0) is 22.5. The van der Waals surface area contributed by atoms with Gasteiger partial charge in [-0.3, -0.25) is 4.79 Å². The first kappa shape index (κ1) is 22.1. The van der Waals surface area contributed by atoms with E-state index in [0.29, 0.717) is 55.7 Å². The molecule has 1 aliphatic rings. The van der Waals surface area contributed by atoms with Crippen LogP contribution in [0, 0.1) is 0 Å². The lowest BCUT2D eigenvalue weighted by molar-refractivity contribution is -0.121. The van der Waals surface area contributed by atoms with Crippen molar-refractivity contribution in [3.05, 3.63) is 29.8 Å². The summed E-state index contributed by atoms with van der Waals surface area (Å²) in [4.78, 5) is 26.0. The SMILES string of the molecule is CN(C)CCNC(=O)Cn1nnc2c(N3CCOCC3)nc(-c3cccc(CO)c3)nc21. The summed E-state index contributed by atoms with van der Waals surface area (Å²) in [6.45, 7) is 3.80. The lowest BCUT2D eigenvalue weighted by Crippen LogP contribution is -2.37. The summed E-state index contributed by atoms with van der Waals surface area (Å²) in [6.07, 6.45) is 0. The Morgan fingerprint density at radius 3 is 2.81 bits per heavy atom. The summed E-state index contributed by atoms with van der Waals surface area (Å²) >= 11 is 0. The van der Waals surface area contributed by atoms with Crippen molar-refractivity contribution in [1.82, 2.24) is 35.2 Å². The van der Waals surface area contributed by atoms with E-state index in [0.717, 1.165) is 17.7 Å². The van der Waals surface area contributed by atoms with Crippen LogP contribution in [-0.4, -0.2) is 94.4 Å². The van der Waals surface area contributed by atoms with E-state index < -0.39 is 0 Å². The van der Waals surface area contributed by atoms with Gasteiger partial charge >= 0.3 is 0 Å². The number of likely N-dealkylation sites (N-methyl/N-ethyl adjacent to an activating group) is 1. The van der Waals surface area contributed by atoms with Crippen molar-refractivity contribution in [2.45, 2.75) is 13.2 Å². The van der Waals surface area contributed by atoms with Gasteiger partial charge in [0.2, 0.25) is 5.91 Å². The lowest BCUT2D eigenvalue weighted by Gasteiger charge is -2.28. The number of benzene rings is 1. The van der Waals surface area contributed by atoms with Crippen LogP contribution >= 0.6 is 0 Å². The molecular formula is C21H28N8O3. The molecule has 0 atom stereocenters. The Balaban J connectivity index is 1.70. The zero-order valence-corrected chi connectivity index (χ0v) is 18.4. The van der Waals surface area contributed by atoms with Crippen molar-refractivity contribution in [3.8, 4) is 11.4 Å². The van der Waals surface area contributed by atoms with Gasteiger partial charge in [-0.2, -0.15) is 0 Å². The third-order valence-electron chi connectivity index (χ3n) is 5.20. The van der Waals surface area contributed by atoms with Crippen LogP contribution in [0.2, 0.25) is 0 Å². The van der Waals surface area contributed by atoms with E-state index in [9.17, 15) is 9.90 Å². The van der Waals surface area contributed by atoms with Crippen molar-refractivity contribution in [3.63, 3.8) is 0 Å². The van der Waals surface area contributed by atoms with Crippen LogP contribution in [0.3, 0.4) is 0 Å². The van der Waals surface area contributed by atoms with E-state index in [1.165, 1.54) is 4.68 Å². The van der Waals surface area contributed by atoms with Gasteiger partial charge in [0, 0.05) is 31.7 Å². The predicted molar refractivity (Wildman–Crippen MR) is 119 cm³/mol. The third kappa shape index (κ3) is 5.01. The average Bonchev–Trinajstić information content (AvgIpc) is 3.21. The molecule has 2 aromatic heterocycles. The van der Waals surface area contributed by atoms with Gasteiger partial charge in [0.1, 0.15) is 6.54 Å². The molecule has 0 unspecified atom stereocenters.